The minimum atomic E-state index is -0.603. The van der Waals surface area contributed by atoms with Crippen LogP contribution in [-0.2, 0) is 9.63 Å². The number of hydrogen-bond donors (Lipinski definition) is 2. The average molecular weight is 248 g/mol. The van der Waals surface area contributed by atoms with Gasteiger partial charge in [0.05, 0.1) is 12.3 Å². The van der Waals surface area contributed by atoms with E-state index in [0.717, 1.165) is 11.3 Å². The minimum Gasteiger partial charge on any atom is -0.394 e. The van der Waals surface area contributed by atoms with Gasteiger partial charge in [0, 0.05) is 12.5 Å². The topological polar surface area (TPSA) is 70.9 Å². The number of nitrogens with one attached hydrogen (secondary N) is 1. The second-order valence-corrected chi connectivity index (χ2v) is 4.29. The highest BCUT2D eigenvalue weighted by atomic mass is 16.6. The van der Waals surface area contributed by atoms with Crippen molar-refractivity contribution in [3.63, 3.8) is 0 Å². The van der Waals surface area contributed by atoms with Crippen LogP contribution in [0, 0.1) is 0 Å². The molecule has 0 spiro atoms. The van der Waals surface area contributed by atoms with Crippen LogP contribution in [0.3, 0.4) is 0 Å². The zero-order chi connectivity index (χ0) is 13.0. The summed E-state index contributed by atoms with van der Waals surface area (Å²) >= 11 is 0. The highest BCUT2D eigenvalue weighted by Gasteiger charge is 2.29. The summed E-state index contributed by atoms with van der Waals surface area (Å²) in [5, 5.41) is 15.5. The molecule has 5 heteroatoms. The summed E-state index contributed by atoms with van der Waals surface area (Å²) in [7, 11) is 0. The molecule has 0 saturated heterocycles. The normalized spacial score (nSPS) is 19.9. The third-order valence-electron chi connectivity index (χ3n) is 2.73. The molecule has 0 saturated carbocycles. The Morgan fingerprint density at radius 2 is 2.28 bits per heavy atom. The average Bonchev–Trinajstić information content (AvgIpc) is 2.89. The molecule has 1 aromatic rings. The van der Waals surface area contributed by atoms with Gasteiger partial charge in [0.1, 0.15) is 0 Å². The molecule has 0 bridgehead atoms. The second kappa shape index (κ2) is 5.64. The van der Waals surface area contributed by atoms with Gasteiger partial charge in [-0.15, -0.1) is 0 Å². The Bertz CT molecular complexity index is 445. The van der Waals surface area contributed by atoms with Gasteiger partial charge < -0.3 is 15.3 Å². The van der Waals surface area contributed by atoms with E-state index in [-0.39, 0.29) is 18.6 Å². The van der Waals surface area contributed by atoms with Crippen LogP contribution in [0.25, 0.3) is 0 Å². The van der Waals surface area contributed by atoms with Gasteiger partial charge in [-0.25, -0.2) is 0 Å². The molecule has 1 aliphatic heterocycles. The Labute approximate surface area is 105 Å². The van der Waals surface area contributed by atoms with Crippen LogP contribution in [0.4, 0.5) is 0 Å². The van der Waals surface area contributed by atoms with E-state index in [1.807, 2.05) is 30.3 Å². The van der Waals surface area contributed by atoms with E-state index in [1.54, 1.807) is 6.92 Å². The number of carbonyl (C=O) groups excluding carboxylic acids is 1. The lowest BCUT2D eigenvalue weighted by Gasteiger charge is -2.13. The third kappa shape index (κ3) is 2.87. The lowest BCUT2D eigenvalue weighted by Crippen LogP contribution is -2.41. The zero-order valence-corrected chi connectivity index (χ0v) is 10.2. The zero-order valence-electron chi connectivity index (χ0n) is 10.2. The molecule has 0 radical (unpaired) electrons. The first-order valence-electron chi connectivity index (χ1n) is 5.90. The smallest absolute Gasteiger partial charge is 0.264 e. The van der Waals surface area contributed by atoms with Crippen LogP contribution in [-0.4, -0.2) is 35.5 Å². The van der Waals surface area contributed by atoms with Crippen molar-refractivity contribution in [2.75, 3.05) is 6.61 Å². The molecule has 96 valence electrons. The van der Waals surface area contributed by atoms with Crippen molar-refractivity contribution in [3.8, 4) is 0 Å². The first-order valence-corrected chi connectivity index (χ1v) is 5.90. The summed E-state index contributed by atoms with van der Waals surface area (Å²) in [6.45, 7) is 1.64. The first kappa shape index (κ1) is 12.6. The summed E-state index contributed by atoms with van der Waals surface area (Å²) < 4.78 is 0. The lowest BCUT2D eigenvalue weighted by molar-refractivity contribution is -0.132. The van der Waals surface area contributed by atoms with Crippen molar-refractivity contribution in [2.45, 2.75) is 25.5 Å². The maximum absolute atomic E-state index is 11.8. The van der Waals surface area contributed by atoms with Gasteiger partial charge in [-0.3, -0.25) is 4.79 Å². The third-order valence-corrected chi connectivity index (χ3v) is 2.73. The fraction of sp³-hybridized carbons (Fsp3) is 0.385. The van der Waals surface area contributed by atoms with Gasteiger partial charge in [-0.05, 0) is 12.5 Å². The van der Waals surface area contributed by atoms with E-state index in [0.29, 0.717) is 6.42 Å². The predicted molar refractivity (Wildman–Crippen MR) is 67.2 cm³/mol. The van der Waals surface area contributed by atoms with E-state index in [4.69, 9.17) is 9.94 Å². The van der Waals surface area contributed by atoms with Gasteiger partial charge in [-0.2, -0.15) is 0 Å². The number of carbonyl (C=O) groups is 1. The Balaban J connectivity index is 1.93. The molecule has 1 unspecified atom stereocenters. The van der Waals surface area contributed by atoms with Crippen molar-refractivity contribution < 1.29 is 14.7 Å². The van der Waals surface area contributed by atoms with E-state index in [9.17, 15) is 4.79 Å². The SMILES string of the molecule is C[C@H](CO)NC(=O)C1CC(c2ccccc2)=NO1. The number of aliphatic hydroxyl groups is 1. The van der Waals surface area contributed by atoms with Crippen LogP contribution in [0.2, 0.25) is 0 Å². The molecule has 0 fully saturated rings. The van der Waals surface area contributed by atoms with Crippen molar-refractivity contribution >= 4 is 11.6 Å². The summed E-state index contributed by atoms with van der Waals surface area (Å²) in [6.07, 6.45) is -0.150. The Hall–Kier alpha value is -1.88. The molecule has 1 heterocycles. The number of nitrogens with zero attached hydrogens (tertiary/aromatic N) is 1. The van der Waals surface area contributed by atoms with E-state index < -0.39 is 6.10 Å². The van der Waals surface area contributed by atoms with E-state index >= 15 is 0 Å². The molecule has 1 amide bonds. The highest BCUT2D eigenvalue weighted by molar-refractivity contribution is 6.04. The first-order chi connectivity index (χ1) is 8.70. The molecule has 18 heavy (non-hydrogen) atoms. The molecule has 1 aromatic carbocycles. The molecular weight excluding hydrogens is 232 g/mol. The molecule has 1 aliphatic rings. The fourth-order valence-electron chi connectivity index (χ4n) is 1.70. The fourth-order valence-corrected chi connectivity index (χ4v) is 1.70. The summed E-state index contributed by atoms with van der Waals surface area (Å²) in [5.74, 6) is -0.244. The maximum atomic E-state index is 11.8. The molecule has 5 nitrogen and oxygen atoms in total. The summed E-state index contributed by atoms with van der Waals surface area (Å²) in [5.41, 5.74) is 1.73. The van der Waals surface area contributed by atoms with Crippen LogP contribution in [0.5, 0.6) is 0 Å². The lowest BCUT2D eigenvalue weighted by atomic mass is 10.0. The number of rotatable bonds is 4. The molecule has 0 aromatic heterocycles. The van der Waals surface area contributed by atoms with Gasteiger partial charge in [0.2, 0.25) is 6.10 Å². The number of amides is 1. The molecule has 2 N–H and O–H groups in total. The quantitative estimate of drug-likeness (QED) is 0.823. The van der Waals surface area contributed by atoms with Gasteiger partial charge in [0.25, 0.3) is 5.91 Å². The number of aliphatic hydroxyl groups excluding tert-OH is 1. The van der Waals surface area contributed by atoms with Crippen LogP contribution in [0.15, 0.2) is 35.5 Å². The molecule has 2 rings (SSSR count). The van der Waals surface area contributed by atoms with Crippen molar-refractivity contribution in [3.05, 3.63) is 35.9 Å². The van der Waals surface area contributed by atoms with Gasteiger partial charge >= 0.3 is 0 Å². The molecule has 2 atom stereocenters. The van der Waals surface area contributed by atoms with Crippen LogP contribution < -0.4 is 5.32 Å². The standard InChI is InChI=1S/C13H16N2O3/c1-9(8-16)14-13(17)12-7-11(15-18-12)10-5-3-2-4-6-10/h2-6,9,12,16H,7-8H2,1H3,(H,14,17)/t9-,12?/m1/s1. The van der Waals surface area contributed by atoms with Crippen molar-refractivity contribution in [2.24, 2.45) is 5.16 Å². The van der Waals surface area contributed by atoms with Gasteiger partial charge in [0.15, 0.2) is 0 Å². The van der Waals surface area contributed by atoms with Crippen molar-refractivity contribution in [1.82, 2.24) is 5.32 Å². The second-order valence-electron chi connectivity index (χ2n) is 4.29. The summed E-state index contributed by atoms with van der Waals surface area (Å²) in [4.78, 5) is 16.9. The molecule has 0 aliphatic carbocycles. The number of hydrogen-bond acceptors (Lipinski definition) is 4. The number of oxime groups is 1. The predicted octanol–water partition coefficient (Wildman–Crippen LogP) is 0.677. The minimum absolute atomic E-state index is 0.0924. The Morgan fingerprint density at radius 1 is 1.56 bits per heavy atom. The molecular formula is C13H16N2O3. The van der Waals surface area contributed by atoms with Gasteiger partial charge in [-0.1, -0.05) is 35.5 Å². The van der Waals surface area contributed by atoms with Crippen LogP contribution in [0.1, 0.15) is 18.9 Å². The Kier molecular flexibility index (Phi) is 3.94. The maximum Gasteiger partial charge on any atom is 0.264 e. The monoisotopic (exact) mass is 248 g/mol. The van der Waals surface area contributed by atoms with Crippen LogP contribution >= 0.6 is 0 Å². The summed E-state index contributed by atoms with van der Waals surface area (Å²) in [6, 6.07) is 9.34. The van der Waals surface area contributed by atoms with E-state index in [1.165, 1.54) is 0 Å². The highest BCUT2D eigenvalue weighted by Crippen LogP contribution is 2.16. The number of benzene rings is 1. The van der Waals surface area contributed by atoms with Crippen molar-refractivity contribution in [1.29, 1.82) is 0 Å². The largest absolute Gasteiger partial charge is 0.394 e. The Morgan fingerprint density at radius 3 is 2.94 bits per heavy atom. The van der Waals surface area contributed by atoms with E-state index in [2.05, 4.69) is 10.5 Å².